The third kappa shape index (κ3) is 1.35. The van der Waals surface area contributed by atoms with Crippen LogP contribution in [-0.2, 0) is 14.9 Å². The minimum absolute atomic E-state index is 0.264. The maximum absolute atomic E-state index is 11.4. The molecule has 0 saturated heterocycles. The van der Waals surface area contributed by atoms with E-state index in [4.69, 9.17) is 16.3 Å². The SMILES string of the molecule is COC(=O)C1(c2ncc(Cl)cn2)CC1. The van der Waals surface area contributed by atoms with Crippen molar-refractivity contribution < 1.29 is 9.53 Å². The zero-order valence-electron chi connectivity index (χ0n) is 7.66. The summed E-state index contributed by atoms with van der Waals surface area (Å²) in [6.45, 7) is 0. The van der Waals surface area contributed by atoms with Crippen LogP contribution < -0.4 is 0 Å². The summed E-state index contributed by atoms with van der Waals surface area (Å²) in [7, 11) is 1.37. The Balaban J connectivity index is 2.31. The van der Waals surface area contributed by atoms with Gasteiger partial charge in [0.05, 0.1) is 12.1 Å². The van der Waals surface area contributed by atoms with E-state index in [1.54, 1.807) is 0 Å². The molecule has 1 aromatic heterocycles. The van der Waals surface area contributed by atoms with E-state index in [1.165, 1.54) is 19.5 Å². The van der Waals surface area contributed by atoms with Crippen molar-refractivity contribution in [1.82, 2.24) is 9.97 Å². The van der Waals surface area contributed by atoms with Crippen LogP contribution in [-0.4, -0.2) is 23.0 Å². The van der Waals surface area contributed by atoms with E-state index in [-0.39, 0.29) is 5.97 Å². The van der Waals surface area contributed by atoms with E-state index in [1.807, 2.05) is 0 Å². The number of halogens is 1. The lowest BCUT2D eigenvalue weighted by Gasteiger charge is -2.09. The standard InChI is InChI=1S/C9H9ClN2O2/c1-14-8(13)9(2-3-9)7-11-4-6(10)5-12-7/h4-5H,2-3H2,1H3. The van der Waals surface area contributed by atoms with Crippen molar-refractivity contribution in [3.05, 3.63) is 23.2 Å². The van der Waals surface area contributed by atoms with Crippen LogP contribution in [0, 0.1) is 0 Å². The molecule has 0 unspecified atom stereocenters. The van der Waals surface area contributed by atoms with E-state index in [0.717, 1.165) is 12.8 Å². The van der Waals surface area contributed by atoms with Gasteiger partial charge in [-0.15, -0.1) is 0 Å². The number of methoxy groups -OCH3 is 1. The molecule has 0 aromatic carbocycles. The quantitative estimate of drug-likeness (QED) is 0.695. The molecule has 1 aromatic rings. The molecule has 0 radical (unpaired) electrons. The molecule has 0 aliphatic heterocycles. The van der Waals surface area contributed by atoms with Gasteiger partial charge in [-0.1, -0.05) is 11.6 Å². The summed E-state index contributed by atoms with van der Waals surface area (Å²) >= 11 is 5.65. The molecule has 2 rings (SSSR count). The van der Waals surface area contributed by atoms with Crippen LogP contribution in [0.5, 0.6) is 0 Å². The number of rotatable bonds is 2. The Morgan fingerprint density at radius 2 is 2.07 bits per heavy atom. The molecular weight excluding hydrogens is 204 g/mol. The molecule has 1 fully saturated rings. The maximum Gasteiger partial charge on any atom is 0.319 e. The van der Waals surface area contributed by atoms with Crippen molar-refractivity contribution in [1.29, 1.82) is 0 Å². The predicted octanol–water partition coefficient (Wildman–Crippen LogP) is 1.33. The fraction of sp³-hybridized carbons (Fsp3) is 0.444. The summed E-state index contributed by atoms with van der Waals surface area (Å²) < 4.78 is 4.71. The van der Waals surface area contributed by atoms with E-state index >= 15 is 0 Å². The molecule has 1 aliphatic rings. The summed E-state index contributed by atoms with van der Waals surface area (Å²) in [6.07, 6.45) is 4.49. The topological polar surface area (TPSA) is 52.1 Å². The summed E-state index contributed by atoms with van der Waals surface area (Å²) in [6, 6.07) is 0. The summed E-state index contributed by atoms with van der Waals surface area (Å²) in [5.41, 5.74) is -0.598. The molecule has 14 heavy (non-hydrogen) atoms. The third-order valence-corrected chi connectivity index (χ3v) is 2.57. The molecule has 0 amide bonds. The second-order valence-corrected chi connectivity index (χ2v) is 3.74. The van der Waals surface area contributed by atoms with Crippen LogP contribution in [0.1, 0.15) is 18.7 Å². The molecule has 1 aliphatic carbocycles. The molecular formula is C9H9ClN2O2. The van der Waals surface area contributed by atoms with Gasteiger partial charge in [0.2, 0.25) is 0 Å². The minimum Gasteiger partial charge on any atom is -0.468 e. The van der Waals surface area contributed by atoms with Crippen LogP contribution in [0.25, 0.3) is 0 Å². The first kappa shape index (κ1) is 9.40. The normalized spacial score (nSPS) is 17.6. The average Bonchev–Trinajstić information content (AvgIpc) is 2.99. The van der Waals surface area contributed by atoms with Crippen molar-refractivity contribution in [3.8, 4) is 0 Å². The molecule has 0 spiro atoms. The Labute approximate surface area is 86.3 Å². The van der Waals surface area contributed by atoms with Gasteiger partial charge in [-0.2, -0.15) is 0 Å². The van der Waals surface area contributed by atoms with E-state index in [0.29, 0.717) is 10.8 Å². The first-order valence-electron chi connectivity index (χ1n) is 4.25. The van der Waals surface area contributed by atoms with Crippen LogP contribution in [0.4, 0.5) is 0 Å². The lowest BCUT2D eigenvalue weighted by Crippen LogP contribution is -2.24. The first-order chi connectivity index (χ1) is 6.69. The number of aromatic nitrogens is 2. The van der Waals surface area contributed by atoms with Gasteiger partial charge in [-0.25, -0.2) is 9.97 Å². The van der Waals surface area contributed by atoms with E-state index < -0.39 is 5.41 Å². The highest BCUT2D eigenvalue weighted by molar-refractivity contribution is 6.30. The molecule has 4 nitrogen and oxygen atoms in total. The molecule has 1 heterocycles. The predicted molar refractivity (Wildman–Crippen MR) is 50.0 cm³/mol. The lowest BCUT2D eigenvalue weighted by atomic mass is 10.1. The van der Waals surface area contributed by atoms with Gasteiger partial charge < -0.3 is 4.74 Å². The van der Waals surface area contributed by atoms with Crippen molar-refractivity contribution in [2.75, 3.05) is 7.11 Å². The smallest absolute Gasteiger partial charge is 0.319 e. The molecule has 0 bridgehead atoms. The van der Waals surface area contributed by atoms with Crippen LogP contribution >= 0.6 is 11.6 Å². The average molecular weight is 213 g/mol. The zero-order valence-corrected chi connectivity index (χ0v) is 8.41. The fourth-order valence-electron chi connectivity index (χ4n) is 1.40. The maximum atomic E-state index is 11.4. The van der Waals surface area contributed by atoms with Gasteiger partial charge in [0, 0.05) is 12.4 Å². The van der Waals surface area contributed by atoms with Gasteiger partial charge in [0.1, 0.15) is 11.2 Å². The van der Waals surface area contributed by atoms with Crippen molar-refractivity contribution in [2.24, 2.45) is 0 Å². The molecule has 1 saturated carbocycles. The molecule has 5 heteroatoms. The van der Waals surface area contributed by atoms with E-state index in [9.17, 15) is 4.79 Å². The lowest BCUT2D eigenvalue weighted by molar-refractivity contribution is -0.143. The summed E-state index contributed by atoms with van der Waals surface area (Å²) in [5, 5.41) is 0.467. The highest BCUT2D eigenvalue weighted by Gasteiger charge is 2.55. The van der Waals surface area contributed by atoms with Crippen LogP contribution in [0.2, 0.25) is 5.02 Å². The molecule has 74 valence electrons. The summed E-state index contributed by atoms with van der Waals surface area (Å²) in [4.78, 5) is 19.5. The van der Waals surface area contributed by atoms with Crippen molar-refractivity contribution >= 4 is 17.6 Å². The fourth-order valence-corrected chi connectivity index (χ4v) is 1.50. The monoisotopic (exact) mass is 212 g/mol. The van der Waals surface area contributed by atoms with Gasteiger partial charge in [0.15, 0.2) is 0 Å². The summed E-state index contributed by atoms with van der Waals surface area (Å²) in [5.74, 6) is 0.244. The molecule has 0 N–H and O–H groups in total. The first-order valence-corrected chi connectivity index (χ1v) is 4.63. The highest BCUT2D eigenvalue weighted by atomic mass is 35.5. The Bertz CT molecular complexity index is 360. The second-order valence-electron chi connectivity index (χ2n) is 3.30. The number of hydrogen-bond acceptors (Lipinski definition) is 4. The largest absolute Gasteiger partial charge is 0.468 e. The number of nitrogens with zero attached hydrogens (tertiary/aromatic N) is 2. The number of ether oxygens (including phenoxy) is 1. The number of carbonyl (C=O) groups excluding carboxylic acids is 1. The highest BCUT2D eigenvalue weighted by Crippen LogP contribution is 2.47. The van der Waals surface area contributed by atoms with E-state index in [2.05, 4.69) is 9.97 Å². The Morgan fingerprint density at radius 3 is 2.50 bits per heavy atom. The number of esters is 1. The van der Waals surface area contributed by atoms with Crippen molar-refractivity contribution in [2.45, 2.75) is 18.3 Å². The number of hydrogen-bond donors (Lipinski definition) is 0. The zero-order chi connectivity index (χ0) is 10.2. The van der Waals surface area contributed by atoms with Crippen molar-refractivity contribution in [3.63, 3.8) is 0 Å². The van der Waals surface area contributed by atoms with Crippen LogP contribution in [0.15, 0.2) is 12.4 Å². The Kier molecular flexibility index (Phi) is 2.15. The Morgan fingerprint density at radius 1 is 1.50 bits per heavy atom. The van der Waals surface area contributed by atoms with Gasteiger partial charge in [-0.05, 0) is 12.8 Å². The Hall–Kier alpha value is -1.16. The molecule has 0 atom stereocenters. The second kappa shape index (κ2) is 3.20. The number of carbonyl (C=O) groups is 1. The van der Waals surface area contributed by atoms with Gasteiger partial charge in [0.25, 0.3) is 0 Å². The minimum atomic E-state index is -0.598. The van der Waals surface area contributed by atoms with Gasteiger partial charge >= 0.3 is 5.97 Å². The van der Waals surface area contributed by atoms with Gasteiger partial charge in [-0.3, -0.25) is 4.79 Å². The third-order valence-electron chi connectivity index (χ3n) is 2.37. The van der Waals surface area contributed by atoms with Crippen LogP contribution in [0.3, 0.4) is 0 Å².